The number of nitrogens with two attached hydrogens (primary N) is 4. The number of hydrogen-bond donors (Lipinski definition) is 12. The van der Waals surface area contributed by atoms with Crippen molar-refractivity contribution in [1.29, 1.82) is 0 Å². The van der Waals surface area contributed by atoms with Crippen LogP contribution >= 0.6 is 0 Å². The number of likely N-dealkylation sites (tertiary alicyclic amines) is 1. The molecule has 0 radical (unpaired) electrons. The molecule has 0 spiro atoms. The molecule has 0 aromatic rings. The second kappa shape index (κ2) is 27.7. The number of guanidine groups is 1. The van der Waals surface area contributed by atoms with Gasteiger partial charge in [0.2, 0.25) is 59.1 Å². The Labute approximate surface area is 390 Å². The number of carboxylic acid groups (broad SMARTS) is 1. The topological polar surface area (TPSA) is 449 Å². The van der Waals surface area contributed by atoms with Gasteiger partial charge < -0.3 is 70.2 Å². The molecule has 1 saturated heterocycles. The number of imide groups is 1. The molecule has 28 heteroatoms. The standard InChI is InChI=1S/C40H62N14O14/c1-4-20(2)33(38(66)48-21(3)34(62)47-17-28(57)49-24(39(67)68)10-12-27(42)56)52-36(64)22(7-5-15-45-40(43)44)50-35(63)23(9-11-26(41)55)51-37(65)25-8-6-16-53(25)32(61)18-46-29(58)19-54-30(59)13-14-31(54)60/h13-14,20-25,33H,4-12,15-19H2,1-3H3,(H2,41,55)(H2,42,56)(H,46,58)(H,47,62)(H,48,66)(H,49,57)(H,50,63)(H,51,65)(H,52,64)(H,67,68)(H4,43,44,45)/t20-,21-,22-,23-,24-,25-,33-/m0/s1. The minimum absolute atomic E-state index is 0.00575. The minimum Gasteiger partial charge on any atom is -0.480 e. The van der Waals surface area contributed by atoms with Crippen LogP contribution in [0.2, 0.25) is 0 Å². The molecule has 12 amide bonds. The molecule has 28 nitrogen and oxygen atoms in total. The molecular formula is C40H62N14O14. The predicted molar refractivity (Wildman–Crippen MR) is 236 cm³/mol. The van der Waals surface area contributed by atoms with E-state index >= 15 is 0 Å². The van der Waals surface area contributed by atoms with E-state index in [1.165, 1.54) is 11.8 Å². The van der Waals surface area contributed by atoms with Crippen LogP contribution in [-0.2, 0) is 62.3 Å². The summed E-state index contributed by atoms with van der Waals surface area (Å²) in [4.78, 5) is 170. The van der Waals surface area contributed by atoms with Crippen molar-refractivity contribution in [2.24, 2.45) is 33.8 Å². The van der Waals surface area contributed by atoms with Gasteiger partial charge in [0.15, 0.2) is 5.96 Å². The van der Waals surface area contributed by atoms with E-state index in [0.29, 0.717) is 17.7 Å². The zero-order valence-corrected chi connectivity index (χ0v) is 38.0. The van der Waals surface area contributed by atoms with Crippen LogP contribution in [0.15, 0.2) is 17.1 Å². The van der Waals surface area contributed by atoms with Gasteiger partial charge in [-0.05, 0) is 51.4 Å². The number of rotatable bonds is 29. The molecule has 2 heterocycles. The van der Waals surface area contributed by atoms with Crippen LogP contribution in [0.1, 0.15) is 78.6 Å². The number of nitrogens with zero attached hydrogens (tertiary/aromatic N) is 3. The Morgan fingerprint density at radius 1 is 0.721 bits per heavy atom. The maximum atomic E-state index is 14.0. The quantitative estimate of drug-likeness (QED) is 0.0143. The van der Waals surface area contributed by atoms with E-state index in [0.717, 1.165) is 12.2 Å². The Morgan fingerprint density at radius 2 is 1.31 bits per heavy atom. The molecule has 1 fully saturated rings. The van der Waals surface area contributed by atoms with Crippen LogP contribution in [0.5, 0.6) is 0 Å². The highest BCUT2D eigenvalue weighted by molar-refractivity contribution is 6.14. The summed E-state index contributed by atoms with van der Waals surface area (Å²) in [5.74, 6) is -12.0. The van der Waals surface area contributed by atoms with Crippen LogP contribution in [0.25, 0.3) is 0 Å². The fraction of sp³-hybridized carbons (Fsp3) is 0.600. The van der Waals surface area contributed by atoms with Gasteiger partial charge in [-0.3, -0.25) is 67.4 Å². The van der Waals surface area contributed by atoms with Gasteiger partial charge >= 0.3 is 5.97 Å². The average molecular weight is 963 g/mol. The number of carbonyl (C=O) groups is 13. The van der Waals surface area contributed by atoms with Crippen LogP contribution in [-0.4, -0.2) is 167 Å². The zero-order valence-electron chi connectivity index (χ0n) is 38.0. The van der Waals surface area contributed by atoms with Crippen molar-refractivity contribution >= 4 is 82.8 Å². The van der Waals surface area contributed by atoms with Crippen LogP contribution in [0, 0.1) is 5.92 Å². The first kappa shape index (κ1) is 56.4. The fourth-order valence-corrected chi connectivity index (χ4v) is 6.70. The third kappa shape index (κ3) is 19.0. The second-order valence-electron chi connectivity index (χ2n) is 16.0. The number of aliphatic carboxylic acids is 1. The molecule has 0 aromatic heterocycles. The summed E-state index contributed by atoms with van der Waals surface area (Å²) in [5, 5.41) is 26.2. The molecular weight excluding hydrogens is 901 g/mol. The summed E-state index contributed by atoms with van der Waals surface area (Å²) in [7, 11) is 0. The highest BCUT2D eigenvalue weighted by Crippen LogP contribution is 2.18. The van der Waals surface area contributed by atoms with E-state index in [1.54, 1.807) is 13.8 Å². The Kier molecular flexibility index (Phi) is 23.0. The molecule has 2 aliphatic rings. The maximum absolute atomic E-state index is 14.0. The van der Waals surface area contributed by atoms with E-state index in [4.69, 9.17) is 22.9 Å². The van der Waals surface area contributed by atoms with Gasteiger partial charge in [0.05, 0.1) is 13.1 Å². The van der Waals surface area contributed by atoms with E-state index in [1.807, 2.05) is 0 Å². The van der Waals surface area contributed by atoms with Crippen molar-refractivity contribution in [3.8, 4) is 0 Å². The van der Waals surface area contributed by atoms with Gasteiger partial charge in [0.25, 0.3) is 11.8 Å². The molecule has 0 bridgehead atoms. The highest BCUT2D eigenvalue weighted by atomic mass is 16.4. The van der Waals surface area contributed by atoms with Crippen LogP contribution in [0.4, 0.5) is 0 Å². The molecule has 2 aliphatic heterocycles. The van der Waals surface area contributed by atoms with E-state index in [-0.39, 0.29) is 57.6 Å². The predicted octanol–water partition coefficient (Wildman–Crippen LogP) is -6.71. The molecule has 68 heavy (non-hydrogen) atoms. The number of hydrogen-bond acceptors (Lipinski definition) is 14. The van der Waals surface area contributed by atoms with Gasteiger partial charge in [0.1, 0.15) is 42.8 Å². The molecule has 0 saturated carbocycles. The molecule has 376 valence electrons. The van der Waals surface area contributed by atoms with Crippen molar-refractivity contribution in [1.82, 2.24) is 47.0 Å². The first-order valence-corrected chi connectivity index (χ1v) is 21.7. The summed E-state index contributed by atoms with van der Waals surface area (Å²) in [6, 6.07) is -8.12. The highest BCUT2D eigenvalue weighted by Gasteiger charge is 2.38. The normalized spacial score (nSPS) is 16.7. The van der Waals surface area contributed by atoms with Gasteiger partial charge in [-0.1, -0.05) is 20.3 Å². The Balaban J connectivity index is 2.20. The summed E-state index contributed by atoms with van der Waals surface area (Å²) < 4.78 is 0. The van der Waals surface area contributed by atoms with Crippen molar-refractivity contribution < 1.29 is 67.4 Å². The number of carboxylic acids is 1. The Hall–Kier alpha value is -7.68. The monoisotopic (exact) mass is 962 g/mol. The van der Waals surface area contributed by atoms with Crippen LogP contribution in [0.3, 0.4) is 0 Å². The summed E-state index contributed by atoms with van der Waals surface area (Å²) in [6.45, 7) is 2.80. The number of amides is 12. The molecule has 16 N–H and O–H groups in total. The van der Waals surface area contributed by atoms with Crippen LogP contribution < -0.4 is 60.2 Å². The van der Waals surface area contributed by atoms with Gasteiger partial charge in [-0.15, -0.1) is 0 Å². The summed E-state index contributed by atoms with van der Waals surface area (Å²) in [6.07, 6.45) is 1.44. The summed E-state index contributed by atoms with van der Waals surface area (Å²) in [5.41, 5.74) is 21.3. The van der Waals surface area contributed by atoms with Crippen molar-refractivity contribution in [3.63, 3.8) is 0 Å². The van der Waals surface area contributed by atoms with Gasteiger partial charge in [0, 0.05) is 38.1 Å². The Morgan fingerprint density at radius 3 is 1.88 bits per heavy atom. The van der Waals surface area contributed by atoms with E-state index in [2.05, 4.69) is 42.2 Å². The third-order valence-electron chi connectivity index (χ3n) is 10.7. The van der Waals surface area contributed by atoms with E-state index in [9.17, 15) is 67.4 Å². The third-order valence-corrected chi connectivity index (χ3v) is 10.7. The first-order chi connectivity index (χ1) is 31.9. The number of carbonyl (C=O) groups excluding carboxylic acids is 12. The number of aliphatic imine (C=N–C) groups is 1. The Bertz CT molecular complexity index is 1990. The maximum Gasteiger partial charge on any atom is 0.326 e. The SMILES string of the molecule is CC[C@H](C)[C@H](NC(=O)[C@H](CCCN=C(N)N)NC(=O)[C@H](CCC(N)=O)NC(=O)[C@@H]1CCCN1C(=O)CNC(=O)CN1C(=O)C=CC1=O)C(=O)N[C@@H](C)C(=O)NCC(=O)N[C@@H](CCC(N)=O)C(=O)O. The number of nitrogens with one attached hydrogen (secondary N) is 7. The largest absolute Gasteiger partial charge is 0.480 e. The number of primary amides is 2. The smallest absolute Gasteiger partial charge is 0.326 e. The zero-order chi connectivity index (χ0) is 51.2. The lowest BCUT2D eigenvalue weighted by Crippen LogP contribution is -2.60. The molecule has 2 rings (SSSR count). The minimum atomic E-state index is -1.50. The lowest BCUT2D eigenvalue weighted by atomic mass is 9.97. The van der Waals surface area contributed by atoms with Crippen molar-refractivity contribution in [2.75, 3.05) is 32.7 Å². The average Bonchev–Trinajstić information content (AvgIpc) is 3.90. The first-order valence-electron chi connectivity index (χ1n) is 21.7. The van der Waals surface area contributed by atoms with Crippen molar-refractivity contribution in [3.05, 3.63) is 12.2 Å². The van der Waals surface area contributed by atoms with E-state index < -0.39 is 145 Å². The fourth-order valence-electron chi connectivity index (χ4n) is 6.70. The molecule has 0 aliphatic carbocycles. The lowest BCUT2D eigenvalue weighted by Gasteiger charge is -2.29. The van der Waals surface area contributed by atoms with Crippen molar-refractivity contribution in [2.45, 2.75) is 115 Å². The summed E-state index contributed by atoms with van der Waals surface area (Å²) >= 11 is 0. The molecule has 0 aromatic carbocycles. The van der Waals surface area contributed by atoms with Gasteiger partial charge in [-0.25, -0.2) is 4.79 Å². The van der Waals surface area contributed by atoms with Gasteiger partial charge in [-0.2, -0.15) is 0 Å². The lowest BCUT2D eigenvalue weighted by molar-refractivity contribution is -0.142. The molecule has 0 unspecified atom stereocenters. The second-order valence-corrected chi connectivity index (χ2v) is 16.0. The molecule has 7 atom stereocenters.